The van der Waals surface area contributed by atoms with E-state index in [1.165, 1.54) is 0 Å². The van der Waals surface area contributed by atoms with Gasteiger partial charge in [0.2, 0.25) is 0 Å². The lowest BCUT2D eigenvalue weighted by Crippen LogP contribution is -2.52. The number of pyridine rings is 1. The van der Waals surface area contributed by atoms with Gasteiger partial charge in [-0.2, -0.15) is 15.2 Å². The Bertz CT molecular complexity index is 1980. The molecule has 3 aromatic heterocycles. The molecule has 0 radical (unpaired) electrons. The molecule has 14 heteroatoms. The molecule has 10 nitrogen and oxygen atoms in total. The number of hydrogen-bond acceptors (Lipinski definition) is 11. The van der Waals surface area contributed by atoms with Crippen molar-refractivity contribution >= 4 is 43.1 Å². The van der Waals surface area contributed by atoms with Crippen LogP contribution in [0.4, 0.5) is 24.0 Å². The van der Waals surface area contributed by atoms with Crippen molar-refractivity contribution < 1.29 is 22.6 Å². The molecule has 47 heavy (non-hydrogen) atoms. The number of nitrogens with two attached hydrogens (primary N) is 1. The van der Waals surface area contributed by atoms with E-state index in [9.17, 15) is 14.0 Å². The molecule has 7 heterocycles. The number of fused-ring (bicyclic) bond motifs is 6. The average Bonchev–Trinajstić information content (AvgIpc) is 3.35. The smallest absolute Gasteiger partial charge is 0.319 e. The van der Waals surface area contributed by atoms with Gasteiger partial charge < -0.3 is 25.4 Å². The van der Waals surface area contributed by atoms with E-state index in [4.69, 9.17) is 25.2 Å². The lowest BCUT2D eigenvalue weighted by atomic mass is 9.93. The third-order valence-corrected chi connectivity index (χ3v) is 11.7. The molecule has 1 aromatic carbocycles. The van der Waals surface area contributed by atoms with Crippen molar-refractivity contribution in [3.63, 3.8) is 0 Å². The molecular weight excluding hydrogens is 629 g/mol. The number of halogens is 3. The summed E-state index contributed by atoms with van der Waals surface area (Å²) in [5.41, 5.74) is 7.74. The third kappa shape index (κ3) is 4.65. The van der Waals surface area contributed by atoms with Gasteiger partial charge in [0.25, 0.3) is 0 Å². The van der Waals surface area contributed by atoms with Crippen molar-refractivity contribution in [2.45, 2.75) is 63.6 Å². The summed E-state index contributed by atoms with van der Waals surface area (Å²) < 4.78 is 58.6. The highest BCUT2D eigenvalue weighted by molar-refractivity contribution is 7.23. The number of thiophene rings is 1. The molecule has 244 valence electrons. The quantitative estimate of drug-likeness (QED) is 0.285. The Labute approximate surface area is 272 Å². The van der Waals surface area contributed by atoms with Crippen molar-refractivity contribution in [3.8, 4) is 23.3 Å². The van der Waals surface area contributed by atoms with Crippen LogP contribution in [0.1, 0.15) is 48.8 Å². The Morgan fingerprint density at radius 1 is 1.13 bits per heavy atom. The van der Waals surface area contributed by atoms with Crippen LogP contribution >= 0.6 is 11.3 Å². The Hall–Kier alpha value is -3.77. The van der Waals surface area contributed by atoms with Crippen LogP contribution in [0.5, 0.6) is 6.01 Å². The van der Waals surface area contributed by atoms with Crippen LogP contribution < -0.4 is 20.7 Å². The number of nitrogens with zero attached hydrogens (tertiary/aromatic N) is 6. The molecule has 5 aliphatic rings. The number of nitriles is 1. The maximum absolute atomic E-state index is 17.3. The molecule has 0 amide bonds. The number of rotatable bonds is 7. The predicted molar refractivity (Wildman–Crippen MR) is 171 cm³/mol. The van der Waals surface area contributed by atoms with Gasteiger partial charge >= 0.3 is 6.01 Å². The number of nitrogens with one attached hydrogen (secondary N) is 1. The van der Waals surface area contributed by atoms with Gasteiger partial charge in [-0.25, -0.2) is 13.2 Å². The SMILES string of the molecule is N#Cc1c(N)sc2c(F)cnc(-c3c4c(c5c(N6C7CCC6CNC7)nc(OCC6(CN7CC[C@H](F)C7)CC6)nc5c3F)COC4)c12. The maximum atomic E-state index is 17.3. The van der Waals surface area contributed by atoms with Gasteiger partial charge in [0.15, 0.2) is 11.6 Å². The van der Waals surface area contributed by atoms with E-state index >= 15 is 4.39 Å². The van der Waals surface area contributed by atoms with Crippen LogP contribution in [-0.2, 0) is 18.0 Å². The highest BCUT2D eigenvalue weighted by Crippen LogP contribution is 2.49. The molecule has 4 aromatic rings. The first-order chi connectivity index (χ1) is 22.8. The molecule has 2 bridgehead atoms. The van der Waals surface area contributed by atoms with Crippen molar-refractivity contribution in [3.05, 3.63) is 34.5 Å². The van der Waals surface area contributed by atoms with Gasteiger partial charge in [-0.15, -0.1) is 11.3 Å². The minimum atomic E-state index is -0.790. The van der Waals surface area contributed by atoms with E-state index in [2.05, 4.69) is 26.2 Å². The summed E-state index contributed by atoms with van der Waals surface area (Å²) in [6.45, 7) is 4.19. The topological polar surface area (TPSA) is 125 Å². The standard InChI is InChI=1S/C33H33F3N8O2S/c34-16-3-6-43(11-16)14-33(4-5-33)15-46-32-41-28-25(31(42-32)44-17-1-2-18(44)9-39-8-17)21-13-45-12-20(21)23(26(28)36)27-24-19(7-37)30(38)47-29(24)22(35)10-40-27/h10,16-18,39H,1-6,8-9,11-15,38H2/t16-,17?,18?/m0/s1. The van der Waals surface area contributed by atoms with E-state index < -0.39 is 17.8 Å². The second kappa shape index (κ2) is 10.9. The molecule has 3 N–H and O–H groups in total. The van der Waals surface area contributed by atoms with Crippen LogP contribution in [0.2, 0.25) is 0 Å². The highest BCUT2D eigenvalue weighted by Gasteiger charge is 2.46. The number of piperazine rings is 1. The van der Waals surface area contributed by atoms with E-state index in [1.54, 1.807) is 0 Å². The second-order valence-corrected chi connectivity index (χ2v) is 14.7. The molecule has 2 unspecified atom stereocenters. The zero-order chi connectivity index (χ0) is 32.0. The molecule has 4 fully saturated rings. The number of alkyl halides is 1. The molecule has 1 saturated carbocycles. The number of anilines is 2. The van der Waals surface area contributed by atoms with Gasteiger partial charge in [-0.3, -0.25) is 9.88 Å². The fourth-order valence-corrected chi connectivity index (χ4v) is 9.07. The molecule has 3 saturated heterocycles. The highest BCUT2D eigenvalue weighted by atomic mass is 32.1. The first kappa shape index (κ1) is 29.4. The molecular formula is C33H33F3N8O2S. The van der Waals surface area contributed by atoms with E-state index in [0.717, 1.165) is 75.0 Å². The summed E-state index contributed by atoms with van der Waals surface area (Å²) >= 11 is 0.943. The number of likely N-dealkylation sites (tertiary alicyclic amines) is 1. The monoisotopic (exact) mass is 662 g/mol. The summed E-state index contributed by atoms with van der Waals surface area (Å²) in [5.74, 6) is -0.650. The number of benzene rings is 1. The first-order valence-corrected chi connectivity index (χ1v) is 17.0. The predicted octanol–water partition coefficient (Wildman–Crippen LogP) is 4.81. The minimum Gasteiger partial charge on any atom is -0.463 e. The maximum Gasteiger partial charge on any atom is 0.319 e. The molecule has 4 aliphatic heterocycles. The van der Waals surface area contributed by atoms with Crippen LogP contribution in [-0.4, -0.2) is 77.4 Å². The van der Waals surface area contributed by atoms with Gasteiger partial charge in [-0.1, -0.05) is 0 Å². The van der Waals surface area contributed by atoms with Crippen molar-refractivity contribution in [2.24, 2.45) is 5.41 Å². The van der Waals surface area contributed by atoms with E-state index in [-0.39, 0.29) is 74.1 Å². The first-order valence-electron chi connectivity index (χ1n) is 16.2. The normalized spacial score (nSPS) is 24.7. The summed E-state index contributed by atoms with van der Waals surface area (Å²) in [6.07, 6.45) is 4.70. The van der Waals surface area contributed by atoms with Gasteiger partial charge in [0, 0.05) is 61.2 Å². The average molecular weight is 663 g/mol. The number of nitrogen functional groups attached to an aromatic ring is 1. The summed E-state index contributed by atoms with van der Waals surface area (Å²) in [5, 5.41) is 14.4. The van der Waals surface area contributed by atoms with E-state index in [1.807, 2.05) is 0 Å². The number of ether oxygens (including phenoxy) is 2. The van der Waals surface area contributed by atoms with E-state index in [0.29, 0.717) is 36.3 Å². The fourth-order valence-electron chi connectivity index (χ4n) is 8.15. The van der Waals surface area contributed by atoms with Gasteiger partial charge in [0.05, 0.1) is 47.4 Å². The van der Waals surface area contributed by atoms with Crippen molar-refractivity contribution in [1.82, 2.24) is 25.2 Å². The fraction of sp³-hybridized carbons (Fsp3) is 0.515. The second-order valence-electron chi connectivity index (χ2n) is 13.7. The zero-order valence-corrected chi connectivity index (χ0v) is 26.4. The van der Waals surface area contributed by atoms with Crippen molar-refractivity contribution in [2.75, 3.05) is 50.0 Å². The Kier molecular flexibility index (Phi) is 6.80. The Morgan fingerprint density at radius 3 is 2.64 bits per heavy atom. The largest absolute Gasteiger partial charge is 0.463 e. The third-order valence-electron chi connectivity index (χ3n) is 10.7. The summed E-state index contributed by atoms with van der Waals surface area (Å²) in [6, 6.07) is 2.52. The Balaban J connectivity index is 1.21. The summed E-state index contributed by atoms with van der Waals surface area (Å²) in [7, 11) is 0. The molecule has 9 rings (SSSR count). The molecule has 1 aliphatic carbocycles. The Morgan fingerprint density at radius 2 is 1.91 bits per heavy atom. The van der Waals surface area contributed by atoms with Crippen LogP contribution in [0, 0.1) is 28.4 Å². The molecule has 0 spiro atoms. The lowest BCUT2D eigenvalue weighted by Gasteiger charge is -2.37. The zero-order valence-electron chi connectivity index (χ0n) is 25.6. The van der Waals surface area contributed by atoms with Crippen LogP contribution in [0.15, 0.2) is 6.20 Å². The summed E-state index contributed by atoms with van der Waals surface area (Å²) in [4.78, 5) is 18.5. The van der Waals surface area contributed by atoms with Crippen LogP contribution in [0.25, 0.3) is 32.2 Å². The van der Waals surface area contributed by atoms with Crippen molar-refractivity contribution in [1.29, 1.82) is 5.26 Å². The van der Waals surface area contributed by atoms with Gasteiger partial charge in [-0.05, 0) is 43.2 Å². The number of hydrogen-bond donors (Lipinski definition) is 2. The minimum absolute atomic E-state index is 0.0655. The lowest BCUT2D eigenvalue weighted by molar-refractivity contribution is 0.135. The van der Waals surface area contributed by atoms with Crippen LogP contribution in [0.3, 0.4) is 0 Å². The molecule has 3 atom stereocenters. The van der Waals surface area contributed by atoms with Gasteiger partial charge in [0.1, 0.15) is 28.6 Å². The number of aromatic nitrogens is 3.